The van der Waals surface area contributed by atoms with Gasteiger partial charge in [-0.3, -0.25) is 9.59 Å². The first-order valence-corrected chi connectivity index (χ1v) is 7.32. The van der Waals surface area contributed by atoms with E-state index in [1.54, 1.807) is 30.5 Å². The quantitative estimate of drug-likeness (QED) is 0.738. The Balaban J connectivity index is 1.84. The van der Waals surface area contributed by atoms with Crippen molar-refractivity contribution >= 4 is 44.7 Å². The van der Waals surface area contributed by atoms with E-state index in [9.17, 15) is 9.59 Å². The number of rotatable bonds is 3. The summed E-state index contributed by atoms with van der Waals surface area (Å²) < 4.78 is 0.905. The Morgan fingerprint density at radius 3 is 2.59 bits per heavy atom. The molecule has 4 N–H and O–H groups in total. The lowest BCUT2D eigenvalue weighted by molar-refractivity contribution is -0.110. The van der Waals surface area contributed by atoms with Crippen LogP contribution in [0.2, 0.25) is 0 Å². The first kappa shape index (κ1) is 14.3. The molecule has 0 spiro atoms. The molecule has 6 heteroatoms. The molecule has 0 radical (unpaired) electrons. The van der Waals surface area contributed by atoms with Gasteiger partial charge in [0.25, 0.3) is 5.91 Å². The highest BCUT2D eigenvalue weighted by atomic mass is 79.9. The number of carbonyl (C=O) groups excluding carboxylic acids is 2. The van der Waals surface area contributed by atoms with Gasteiger partial charge in [0.05, 0.1) is 11.3 Å². The van der Waals surface area contributed by atoms with E-state index in [2.05, 4.69) is 26.6 Å². The van der Waals surface area contributed by atoms with Gasteiger partial charge in [0.15, 0.2) is 0 Å². The monoisotopic (exact) mass is 357 g/mol. The minimum atomic E-state index is -0.473. The number of nitrogens with one attached hydrogen (secondary N) is 2. The fourth-order valence-corrected chi connectivity index (χ4v) is 2.56. The van der Waals surface area contributed by atoms with Crippen molar-refractivity contribution in [1.82, 2.24) is 0 Å². The van der Waals surface area contributed by atoms with Crippen molar-refractivity contribution in [2.75, 3.05) is 10.6 Å². The number of anilines is 2. The van der Waals surface area contributed by atoms with Crippen LogP contribution in [-0.4, -0.2) is 11.8 Å². The van der Waals surface area contributed by atoms with Crippen LogP contribution in [-0.2, 0) is 4.79 Å². The zero-order valence-electron chi connectivity index (χ0n) is 11.4. The summed E-state index contributed by atoms with van der Waals surface area (Å²) in [6.07, 6.45) is 1.65. The Kier molecular flexibility index (Phi) is 3.68. The lowest BCUT2D eigenvalue weighted by atomic mass is 10.1. The van der Waals surface area contributed by atoms with Gasteiger partial charge in [0, 0.05) is 27.5 Å². The average molecular weight is 358 g/mol. The Hall–Kier alpha value is -2.60. The van der Waals surface area contributed by atoms with Crippen LogP contribution in [0.25, 0.3) is 5.57 Å². The maximum absolute atomic E-state index is 12.0. The van der Waals surface area contributed by atoms with Crippen LogP contribution >= 0.6 is 15.9 Å². The summed E-state index contributed by atoms with van der Waals surface area (Å²) in [6.45, 7) is 0. The number of primary amides is 1. The molecule has 5 nitrogen and oxygen atoms in total. The van der Waals surface area contributed by atoms with Crippen molar-refractivity contribution in [3.63, 3.8) is 0 Å². The van der Waals surface area contributed by atoms with Crippen molar-refractivity contribution in [1.29, 1.82) is 0 Å². The maximum Gasteiger partial charge on any atom is 0.257 e. The smallest absolute Gasteiger partial charge is 0.257 e. The van der Waals surface area contributed by atoms with E-state index in [0.29, 0.717) is 11.1 Å². The highest BCUT2D eigenvalue weighted by molar-refractivity contribution is 9.10. The van der Waals surface area contributed by atoms with Crippen molar-refractivity contribution in [2.45, 2.75) is 0 Å². The molecule has 0 fully saturated rings. The summed E-state index contributed by atoms with van der Waals surface area (Å²) in [5.41, 5.74) is 8.56. The Morgan fingerprint density at radius 1 is 1.18 bits per heavy atom. The van der Waals surface area contributed by atoms with Crippen LogP contribution < -0.4 is 16.4 Å². The van der Waals surface area contributed by atoms with Crippen molar-refractivity contribution < 1.29 is 9.59 Å². The van der Waals surface area contributed by atoms with E-state index < -0.39 is 5.91 Å². The SMILES string of the molecule is NC(=O)c1ccc(N/C=C2\C(=O)Nc3cc(Br)ccc32)cc1. The number of halogens is 1. The molecule has 2 amide bonds. The Bertz CT molecular complexity index is 798. The molecule has 2 aromatic carbocycles. The number of hydrogen-bond donors (Lipinski definition) is 3. The number of benzene rings is 2. The highest BCUT2D eigenvalue weighted by Crippen LogP contribution is 2.33. The van der Waals surface area contributed by atoms with Gasteiger partial charge in [-0.05, 0) is 36.4 Å². The summed E-state index contributed by atoms with van der Waals surface area (Å²) in [6, 6.07) is 12.3. The fourth-order valence-electron chi connectivity index (χ4n) is 2.20. The normalized spacial score (nSPS) is 14.6. The number of carbonyl (C=O) groups is 2. The summed E-state index contributed by atoms with van der Waals surface area (Å²) in [4.78, 5) is 23.0. The van der Waals surface area contributed by atoms with E-state index in [-0.39, 0.29) is 5.91 Å². The molecule has 0 saturated heterocycles. The van der Waals surface area contributed by atoms with Crippen LogP contribution in [0.3, 0.4) is 0 Å². The highest BCUT2D eigenvalue weighted by Gasteiger charge is 2.23. The molecule has 22 heavy (non-hydrogen) atoms. The average Bonchev–Trinajstić information content (AvgIpc) is 2.80. The lowest BCUT2D eigenvalue weighted by Crippen LogP contribution is -2.10. The molecule has 3 rings (SSSR count). The molecule has 0 atom stereocenters. The number of hydrogen-bond acceptors (Lipinski definition) is 3. The summed E-state index contributed by atoms with van der Waals surface area (Å²) in [5.74, 6) is -0.631. The van der Waals surface area contributed by atoms with E-state index in [1.165, 1.54) is 0 Å². The summed E-state index contributed by atoms with van der Waals surface area (Å²) in [7, 11) is 0. The molecule has 0 bridgehead atoms. The van der Waals surface area contributed by atoms with Crippen LogP contribution in [0.5, 0.6) is 0 Å². The second-order valence-corrected chi connectivity index (χ2v) is 5.70. The first-order valence-electron chi connectivity index (χ1n) is 6.52. The third kappa shape index (κ3) is 2.73. The number of fused-ring (bicyclic) bond motifs is 1. The molecule has 110 valence electrons. The van der Waals surface area contributed by atoms with Gasteiger partial charge in [-0.25, -0.2) is 0 Å². The number of amides is 2. The van der Waals surface area contributed by atoms with Crippen LogP contribution in [0, 0.1) is 0 Å². The van der Waals surface area contributed by atoms with Gasteiger partial charge in [-0.15, -0.1) is 0 Å². The molecule has 0 saturated carbocycles. The van der Waals surface area contributed by atoms with Gasteiger partial charge in [0.2, 0.25) is 5.91 Å². The van der Waals surface area contributed by atoms with Gasteiger partial charge < -0.3 is 16.4 Å². The predicted molar refractivity (Wildman–Crippen MR) is 89.3 cm³/mol. The van der Waals surface area contributed by atoms with Crippen molar-refractivity contribution in [2.24, 2.45) is 5.73 Å². The van der Waals surface area contributed by atoms with Gasteiger partial charge in [0.1, 0.15) is 0 Å². The van der Waals surface area contributed by atoms with E-state index in [1.807, 2.05) is 18.2 Å². The van der Waals surface area contributed by atoms with Gasteiger partial charge in [-0.1, -0.05) is 22.0 Å². The van der Waals surface area contributed by atoms with Crippen LogP contribution in [0.15, 0.2) is 53.1 Å². The minimum absolute atomic E-state index is 0.158. The Morgan fingerprint density at radius 2 is 1.91 bits per heavy atom. The zero-order valence-corrected chi connectivity index (χ0v) is 13.0. The fraction of sp³-hybridized carbons (Fsp3) is 0. The summed E-state index contributed by atoms with van der Waals surface area (Å²) in [5, 5.41) is 5.86. The maximum atomic E-state index is 12.0. The lowest BCUT2D eigenvalue weighted by Gasteiger charge is -2.03. The standard InChI is InChI=1S/C16H12BrN3O2/c17-10-3-6-12-13(16(22)20-14(12)7-10)8-19-11-4-1-9(2-5-11)15(18)21/h1-8,19H,(H2,18,21)(H,20,22)/b13-8-. The zero-order chi connectivity index (χ0) is 15.7. The second-order valence-electron chi connectivity index (χ2n) is 4.79. The largest absolute Gasteiger partial charge is 0.366 e. The third-order valence-electron chi connectivity index (χ3n) is 3.32. The topological polar surface area (TPSA) is 84.2 Å². The van der Waals surface area contributed by atoms with Crippen LogP contribution in [0.4, 0.5) is 11.4 Å². The molecule has 0 unspecified atom stereocenters. The number of nitrogens with two attached hydrogens (primary N) is 1. The molecule has 2 aromatic rings. The molecule has 0 aliphatic carbocycles. The second kappa shape index (κ2) is 5.65. The van der Waals surface area contributed by atoms with E-state index >= 15 is 0 Å². The molecule has 1 aliphatic heterocycles. The third-order valence-corrected chi connectivity index (χ3v) is 3.81. The molecule has 1 heterocycles. The molecule has 1 aliphatic rings. The van der Waals surface area contributed by atoms with Gasteiger partial charge >= 0.3 is 0 Å². The van der Waals surface area contributed by atoms with Crippen molar-refractivity contribution in [3.8, 4) is 0 Å². The first-order chi connectivity index (χ1) is 10.5. The van der Waals surface area contributed by atoms with E-state index in [4.69, 9.17) is 5.73 Å². The molecule has 0 aromatic heterocycles. The predicted octanol–water partition coefficient (Wildman–Crippen LogP) is 2.95. The molecular formula is C16H12BrN3O2. The van der Waals surface area contributed by atoms with E-state index in [0.717, 1.165) is 21.4 Å². The van der Waals surface area contributed by atoms with Gasteiger partial charge in [-0.2, -0.15) is 0 Å². The van der Waals surface area contributed by atoms with Crippen LogP contribution in [0.1, 0.15) is 15.9 Å². The van der Waals surface area contributed by atoms with Crippen molar-refractivity contribution in [3.05, 3.63) is 64.3 Å². The molecular weight excluding hydrogens is 346 g/mol. The minimum Gasteiger partial charge on any atom is -0.366 e. The summed E-state index contributed by atoms with van der Waals surface area (Å²) >= 11 is 3.37. The Labute approximate surface area is 135 Å².